The van der Waals surface area contributed by atoms with Gasteiger partial charge in [0.1, 0.15) is 0 Å². The predicted octanol–water partition coefficient (Wildman–Crippen LogP) is 3.43. The molecule has 0 radical (unpaired) electrons. The van der Waals surface area contributed by atoms with Gasteiger partial charge in [0.05, 0.1) is 18.4 Å². The van der Waals surface area contributed by atoms with Gasteiger partial charge in [0.25, 0.3) is 5.56 Å². The molecule has 5 heteroatoms. The summed E-state index contributed by atoms with van der Waals surface area (Å²) in [6.45, 7) is 3.67. The largest absolute Gasteiger partial charge is 0.373 e. The topological polar surface area (TPSA) is 38.1 Å². The van der Waals surface area contributed by atoms with Gasteiger partial charge in [0.15, 0.2) is 0 Å². The molecule has 0 unspecified atom stereocenters. The standard InChI is InChI=1S/C16H26BrN3O/c1-3-19(2)14-10-15(21)20(18-11-14)13-16(12-17)8-6-4-5-7-9-16/h10-11H,3-9,12-13H2,1-2H3. The van der Waals surface area contributed by atoms with Gasteiger partial charge in [-0.15, -0.1) is 0 Å². The van der Waals surface area contributed by atoms with Crippen molar-refractivity contribution in [1.29, 1.82) is 0 Å². The van der Waals surface area contributed by atoms with Gasteiger partial charge in [0.2, 0.25) is 0 Å². The van der Waals surface area contributed by atoms with Crippen LogP contribution in [0.4, 0.5) is 5.69 Å². The third-order valence-electron chi connectivity index (χ3n) is 4.70. The Balaban J connectivity index is 2.19. The van der Waals surface area contributed by atoms with E-state index in [-0.39, 0.29) is 11.0 Å². The fourth-order valence-electron chi connectivity index (χ4n) is 3.06. The molecule has 1 heterocycles. The molecule has 21 heavy (non-hydrogen) atoms. The average molecular weight is 356 g/mol. The number of hydrogen-bond acceptors (Lipinski definition) is 3. The Morgan fingerprint density at radius 2 is 2.00 bits per heavy atom. The molecule has 0 aromatic carbocycles. The van der Waals surface area contributed by atoms with Crippen LogP contribution in [-0.2, 0) is 6.54 Å². The van der Waals surface area contributed by atoms with Crippen molar-refractivity contribution >= 4 is 21.6 Å². The number of nitrogens with zero attached hydrogens (tertiary/aromatic N) is 3. The van der Waals surface area contributed by atoms with Gasteiger partial charge in [-0.05, 0) is 25.2 Å². The third-order valence-corrected chi connectivity index (χ3v) is 5.89. The quantitative estimate of drug-likeness (QED) is 0.599. The minimum Gasteiger partial charge on any atom is -0.373 e. The maximum absolute atomic E-state index is 12.3. The van der Waals surface area contributed by atoms with Crippen molar-refractivity contribution in [3.8, 4) is 0 Å². The molecule has 1 aliphatic carbocycles. The normalized spacial score (nSPS) is 18.2. The summed E-state index contributed by atoms with van der Waals surface area (Å²) in [6, 6.07) is 1.70. The van der Waals surface area contributed by atoms with E-state index in [1.165, 1.54) is 38.5 Å². The van der Waals surface area contributed by atoms with Crippen LogP contribution in [0.2, 0.25) is 0 Å². The van der Waals surface area contributed by atoms with Gasteiger partial charge >= 0.3 is 0 Å². The van der Waals surface area contributed by atoms with Crippen LogP contribution >= 0.6 is 15.9 Å². The second-order valence-corrected chi connectivity index (χ2v) is 6.83. The van der Waals surface area contributed by atoms with Crippen LogP contribution < -0.4 is 10.5 Å². The molecule has 0 amide bonds. The Morgan fingerprint density at radius 1 is 1.33 bits per heavy atom. The van der Waals surface area contributed by atoms with Crippen LogP contribution in [-0.4, -0.2) is 28.7 Å². The summed E-state index contributed by atoms with van der Waals surface area (Å²) in [5.41, 5.74) is 1.09. The van der Waals surface area contributed by atoms with Gasteiger partial charge in [-0.3, -0.25) is 4.79 Å². The summed E-state index contributed by atoms with van der Waals surface area (Å²) in [6.07, 6.45) is 9.33. The van der Waals surface area contributed by atoms with Crippen LogP contribution in [0.25, 0.3) is 0 Å². The highest BCUT2D eigenvalue weighted by Crippen LogP contribution is 2.37. The highest BCUT2D eigenvalue weighted by molar-refractivity contribution is 9.09. The fourth-order valence-corrected chi connectivity index (χ4v) is 3.80. The van der Waals surface area contributed by atoms with Crippen molar-refractivity contribution in [2.75, 3.05) is 23.8 Å². The van der Waals surface area contributed by atoms with E-state index in [2.05, 4.69) is 28.0 Å². The minimum absolute atomic E-state index is 0.0115. The number of rotatable bonds is 5. The summed E-state index contributed by atoms with van der Waals surface area (Å²) in [7, 11) is 1.98. The third kappa shape index (κ3) is 4.09. The van der Waals surface area contributed by atoms with Gasteiger partial charge < -0.3 is 4.90 Å². The lowest BCUT2D eigenvalue weighted by Crippen LogP contribution is -2.35. The molecule has 4 nitrogen and oxygen atoms in total. The van der Waals surface area contributed by atoms with Crippen LogP contribution in [0.15, 0.2) is 17.1 Å². The van der Waals surface area contributed by atoms with Gasteiger partial charge in [-0.25, -0.2) is 4.68 Å². The van der Waals surface area contributed by atoms with E-state index in [0.29, 0.717) is 0 Å². The molecule has 1 saturated carbocycles. The first-order valence-electron chi connectivity index (χ1n) is 7.94. The summed E-state index contributed by atoms with van der Waals surface area (Å²) in [4.78, 5) is 14.4. The number of alkyl halides is 1. The van der Waals surface area contributed by atoms with Gasteiger partial charge in [0, 0.05) is 25.0 Å². The van der Waals surface area contributed by atoms with E-state index < -0.39 is 0 Å². The first-order chi connectivity index (χ1) is 10.1. The first-order valence-corrected chi connectivity index (χ1v) is 9.07. The van der Waals surface area contributed by atoms with E-state index in [9.17, 15) is 4.79 Å². The number of anilines is 1. The van der Waals surface area contributed by atoms with E-state index in [1.807, 2.05) is 18.1 Å². The zero-order valence-corrected chi connectivity index (χ0v) is 14.7. The SMILES string of the molecule is CCN(C)c1cnn(CC2(CBr)CCCCCC2)c(=O)c1. The lowest BCUT2D eigenvalue weighted by atomic mass is 9.82. The fraction of sp³-hybridized carbons (Fsp3) is 0.750. The van der Waals surface area contributed by atoms with Crippen LogP contribution in [0, 0.1) is 5.41 Å². The molecule has 0 aliphatic heterocycles. The molecule has 0 bridgehead atoms. The smallest absolute Gasteiger partial charge is 0.268 e. The summed E-state index contributed by atoms with van der Waals surface area (Å²) in [5, 5.41) is 5.36. The molecule has 118 valence electrons. The second kappa shape index (κ2) is 7.43. The minimum atomic E-state index is 0.0115. The van der Waals surface area contributed by atoms with Crippen molar-refractivity contribution in [2.24, 2.45) is 5.41 Å². The van der Waals surface area contributed by atoms with Crippen LogP contribution in [0.3, 0.4) is 0 Å². The average Bonchev–Trinajstić information content (AvgIpc) is 2.74. The zero-order chi connectivity index (χ0) is 15.3. The van der Waals surface area contributed by atoms with Crippen LogP contribution in [0.1, 0.15) is 45.4 Å². The number of aromatic nitrogens is 2. The van der Waals surface area contributed by atoms with Crippen molar-refractivity contribution in [2.45, 2.75) is 52.0 Å². The maximum Gasteiger partial charge on any atom is 0.268 e. The Kier molecular flexibility index (Phi) is 5.85. The van der Waals surface area contributed by atoms with Crippen molar-refractivity contribution < 1.29 is 0 Å². The Hall–Kier alpha value is -0.840. The van der Waals surface area contributed by atoms with E-state index >= 15 is 0 Å². The van der Waals surface area contributed by atoms with Gasteiger partial charge in [-0.2, -0.15) is 5.10 Å². The lowest BCUT2D eigenvalue weighted by molar-refractivity contribution is 0.227. The van der Waals surface area contributed by atoms with E-state index in [0.717, 1.165) is 24.1 Å². The number of hydrogen-bond donors (Lipinski definition) is 0. The van der Waals surface area contributed by atoms with E-state index in [1.54, 1.807) is 10.7 Å². The molecule has 0 N–H and O–H groups in total. The van der Waals surface area contributed by atoms with Gasteiger partial charge in [-0.1, -0.05) is 41.6 Å². The molecule has 1 aromatic heterocycles. The molecule has 0 spiro atoms. The molecule has 1 aromatic rings. The Labute approximate surface area is 135 Å². The lowest BCUT2D eigenvalue weighted by Gasteiger charge is -2.31. The molecule has 0 atom stereocenters. The van der Waals surface area contributed by atoms with Crippen molar-refractivity contribution in [3.63, 3.8) is 0 Å². The van der Waals surface area contributed by atoms with E-state index in [4.69, 9.17) is 0 Å². The second-order valence-electron chi connectivity index (χ2n) is 6.27. The molecular weight excluding hydrogens is 330 g/mol. The maximum atomic E-state index is 12.3. The monoisotopic (exact) mass is 355 g/mol. The number of halogens is 1. The molecule has 2 rings (SSSR count). The molecule has 1 aliphatic rings. The predicted molar refractivity (Wildman–Crippen MR) is 91.4 cm³/mol. The molecule has 0 saturated heterocycles. The molecule has 1 fully saturated rings. The Morgan fingerprint density at radius 3 is 2.52 bits per heavy atom. The summed E-state index contributed by atoms with van der Waals surface area (Å²) in [5.74, 6) is 0. The first kappa shape index (κ1) is 16.5. The summed E-state index contributed by atoms with van der Waals surface area (Å²) < 4.78 is 1.65. The van der Waals surface area contributed by atoms with Crippen LogP contribution in [0.5, 0.6) is 0 Å². The summed E-state index contributed by atoms with van der Waals surface area (Å²) >= 11 is 3.68. The Bertz CT molecular complexity index is 506. The highest BCUT2D eigenvalue weighted by Gasteiger charge is 2.31. The molecular formula is C16H26BrN3O. The van der Waals surface area contributed by atoms with Crippen molar-refractivity contribution in [3.05, 3.63) is 22.6 Å². The highest BCUT2D eigenvalue weighted by atomic mass is 79.9. The zero-order valence-electron chi connectivity index (χ0n) is 13.1. The van der Waals surface area contributed by atoms with Crippen molar-refractivity contribution in [1.82, 2.24) is 9.78 Å².